The topological polar surface area (TPSA) is 54.4 Å². The number of hydrogen-bond acceptors (Lipinski definition) is 2. The minimum atomic E-state index is -0.741. The average molecular weight is 154 g/mol. The van der Waals surface area contributed by atoms with Gasteiger partial charge in [0.25, 0.3) is 0 Å². The van der Waals surface area contributed by atoms with E-state index < -0.39 is 5.97 Å². The van der Waals surface area contributed by atoms with Gasteiger partial charge in [-0.3, -0.25) is 4.79 Å². The SMILES string of the molecule is O=C=C1CCC(C(=O)O)CC1. The number of rotatable bonds is 1. The lowest BCUT2D eigenvalue weighted by molar-refractivity contribution is -0.142. The summed E-state index contributed by atoms with van der Waals surface area (Å²) in [6.45, 7) is 0. The zero-order valence-electron chi connectivity index (χ0n) is 6.17. The Bertz CT molecular complexity index is 203. The normalized spacial score (nSPS) is 24.4. The van der Waals surface area contributed by atoms with Crippen molar-refractivity contribution < 1.29 is 14.7 Å². The van der Waals surface area contributed by atoms with E-state index in [1.54, 1.807) is 0 Å². The Labute approximate surface area is 64.7 Å². The quantitative estimate of drug-likeness (QED) is 0.573. The van der Waals surface area contributed by atoms with Crippen LogP contribution in [0.3, 0.4) is 0 Å². The molecule has 11 heavy (non-hydrogen) atoms. The van der Waals surface area contributed by atoms with Crippen LogP contribution in [0.1, 0.15) is 25.7 Å². The smallest absolute Gasteiger partial charge is 0.306 e. The van der Waals surface area contributed by atoms with Crippen molar-refractivity contribution in [2.75, 3.05) is 0 Å². The Morgan fingerprint density at radius 1 is 1.45 bits per heavy atom. The second-order valence-corrected chi connectivity index (χ2v) is 2.82. The Kier molecular flexibility index (Phi) is 2.44. The number of carbonyl (C=O) groups excluding carboxylic acids is 1. The van der Waals surface area contributed by atoms with Gasteiger partial charge in [-0.25, -0.2) is 4.79 Å². The van der Waals surface area contributed by atoms with E-state index in [-0.39, 0.29) is 5.92 Å². The van der Waals surface area contributed by atoms with Crippen LogP contribution in [0.4, 0.5) is 0 Å². The summed E-state index contributed by atoms with van der Waals surface area (Å²) in [5.74, 6) is 0.853. The van der Waals surface area contributed by atoms with Crippen molar-refractivity contribution in [3.8, 4) is 0 Å². The molecule has 1 aliphatic rings. The second-order valence-electron chi connectivity index (χ2n) is 2.82. The number of carboxylic acids is 1. The number of allylic oxidation sites excluding steroid dienone is 1. The van der Waals surface area contributed by atoms with E-state index in [0.29, 0.717) is 25.7 Å². The summed E-state index contributed by atoms with van der Waals surface area (Å²) in [7, 11) is 0. The summed E-state index contributed by atoms with van der Waals surface area (Å²) >= 11 is 0. The predicted molar refractivity (Wildman–Crippen MR) is 38.8 cm³/mol. The summed E-state index contributed by atoms with van der Waals surface area (Å²) < 4.78 is 0. The molecule has 0 saturated heterocycles. The van der Waals surface area contributed by atoms with Crippen molar-refractivity contribution in [2.24, 2.45) is 5.92 Å². The number of aliphatic carboxylic acids is 1. The van der Waals surface area contributed by atoms with Gasteiger partial charge in [-0.2, -0.15) is 0 Å². The first-order valence-corrected chi connectivity index (χ1v) is 3.69. The highest BCUT2D eigenvalue weighted by atomic mass is 16.4. The lowest BCUT2D eigenvalue weighted by atomic mass is 9.87. The molecule has 0 bridgehead atoms. The first-order valence-electron chi connectivity index (χ1n) is 3.69. The molecule has 0 atom stereocenters. The van der Waals surface area contributed by atoms with Crippen molar-refractivity contribution in [3.05, 3.63) is 5.57 Å². The molecule has 1 saturated carbocycles. The minimum absolute atomic E-state index is 0.243. The highest BCUT2D eigenvalue weighted by molar-refractivity contribution is 5.70. The standard InChI is InChI=1S/C8H10O3/c9-5-6-1-3-7(4-2-6)8(10)11/h7H,1-4H2,(H,10,11). The lowest BCUT2D eigenvalue weighted by Gasteiger charge is -2.17. The van der Waals surface area contributed by atoms with E-state index in [1.165, 1.54) is 0 Å². The van der Waals surface area contributed by atoms with Gasteiger partial charge >= 0.3 is 5.97 Å². The molecule has 1 rings (SSSR count). The van der Waals surface area contributed by atoms with Crippen molar-refractivity contribution in [1.82, 2.24) is 0 Å². The van der Waals surface area contributed by atoms with Crippen LogP contribution in [0, 0.1) is 5.92 Å². The molecule has 1 fully saturated rings. The molecule has 0 amide bonds. The molecule has 1 N–H and O–H groups in total. The number of carboxylic acid groups (broad SMARTS) is 1. The summed E-state index contributed by atoms with van der Waals surface area (Å²) in [6, 6.07) is 0. The third-order valence-electron chi connectivity index (χ3n) is 2.08. The molecule has 0 aromatic heterocycles. The van der Waals surface area contributed by atoms with Crippen LogP contribution in [0.25, 0.3) is 0 Å². The summed E-state index contributed by atoms with van der Waals surface area (Å²) in [6.07, 6.45) is 2.42. The predicted octanol–water partition coefficient (Wildman–Crippen LogP) is 1.02. The fraction of sp³-hybridized carbons (Fsp3) is 0.625. The van der Waals surface area contributed by atoms with Crippen molar-refractivity contribution in [2.45, 2.75) is 25.7 Å². The highest BCUT2D eigenvalue weighted by Gasteiger charge is 2.22. The van der Waals surface area contributed by atoms with Crippen LogP contribution in [-0.4, -0.2) is 17.0 Å². The molecule has 60 valence electrons. The van der Waals surface area contributed by atoms with Crippen molar-refractivity contribution in [3.63, 3.8) is 0 Å². The van der Waals surface area contributed by atoms with Gasteiger partial charge in [-0.05, 0) is 25.7 Å². The molecule has 0 aromatic carbocycles. The molecule has 3 heteroatoms. The number of hydrogen-bond donors (Lipinski definition) is 1. The van der Waals surface area contributed by atoms with E-state index in [1.807, 2.05) is 5.94 Å². The third-order valence-corrected chi connectivity index (χ3v) is 2.08. The fourth-order valence-electron chi connectivity index (χ4n) is 1.32. The van der Waals surface area contributed by atoms with Gasteiger partial charge in [-0.1, -0.05) is 0 Å². The maximum absolute atomic E-state index is 10.4. The van der Waals surface area contributed by atoms with Gasteiger partial charge in [0.15, 0.2) is 0 Å². The Hall–Kier alpha value is -1.08. The molecule has 0 aromatic rings. The molecule has 0 radical (unpaired) electrons. The van der Waals surface area contributed by atoms with Crippen LogP contribution < -0.4 is 0 Å². The number of carbonyl (C=O) groups is 1. The fourth-order valence-corrected chi connectivity index (χ4v) is 1.32. The van der Waals surface area contributed by atoms with Crippen molar-refractivity contribution >= 4 is 11.9 Å². The lowest BCUT2D eigenvalue weighted by Crippen LogP contribution is -2.17. The van der Waals surface area contributed by atoms with E-state index in [4.69, 9.17) is 5.11 Å². The van der Waals surface area contributed by atoms with Crippen LogP contribution >= 0.6 is 0 Å². The maximum atomic E-state index is 10.4. The molecule has 0 spiro atoms. The van der Waals surface area contributed by atoms with Gasteiger partial charge in [0.1, 0.15) is 5.94 Å². The van der Waals surface area contributed by atoms with E-state index in [2.05, 4.69) is 0 Å². The van der Waals surface area contributed by atoms with Crippen LogP contribution in [0.2, 0.25) is 0 Å². The molecule has 1 aliphatic carbocycles. The van der Waals surface area contributed by atoms with Crippen molar-refractivity contribution in [1.29, 1.82) is 0 Å². The van der Waals surface area contributed by atoms with Gasteiger partial charge < -0.3 is 5.11 Å². The van der Waals surface area contributed by atoms with Gasteiger partial charge in [-0.15, -0.1) is 0 Å². The van der Waals surface area contributed by atoms with Gasteiger partial charge in [0.05, 0.1) is 5.92 Å². The van der Waals surface area contributed by atoms with Gasteiger partial charge in [0.2, 0.25) is 0 Å². The maximum Gasteiger partial charge on any atom is 0.306 e. The average Bonchev–Trinajstić information content (AvgIpc) is 2.05. The van der Waals surface area contributed by atoms with E-state index in [0.717, 1.165) is 5.57 Å². The van der Waals surface area contributed by atoms with Gasteiger partial charge in [0, 0.05) is 5.57 Å². The summed E-state index contributed by atoms with van der Waals surface area (Å²) in [5.41, 5.74) is 0.738. The monoisotopic (exact) mass is 154 g/mol. The molecule has 0 aliphatic heterocycles. The Morgan fingerprint density at radius 2 is 2.00 bits per heavy atom. The second kappa shape index (κ2) is 3.35. The third kappa shape index (κ3) is 1.92. The first kappa shape index (κ1) is 8.02. The highest BCUT2D eigenvalue weighted by Crippen LogP contribution is 2.26. The zero-order valence-corrected chi connectivity index (χ0v) is 6.17. The van der Waals surface area contributed by atoms with Crippen LogP contribution in [-0.2, 0) is 9.59 Å². The molecule has 0 heterocycles. The molecule has 0 unspecified atom stereocenters. The largest absolute Gasteiger partial charge is 0.481 e. The minimum Gasteiger partial charge on any atom is -0.481 e. The molecule has 3 nitrogen and oxygen atoms in total. The summed E-state index contributed by atoms with van der Waals surface area (Å²) in [5, 5.41) is 8.59. The molecular formula is C8H10O3. The Balaban J connectivity index is 2.48. The van der Waals surface area contributed by atoms with Crippen LogP contribution in [0.5, 0.6) is 0 Å². The van der Waals surface area contributed by atoms with E-state index in [9.17, 15) is 9.59 Å². The first-order chi connectivity index (χ1) is 5.24. The van der Waals surface area contributed by atoms with Crippen LogP contribution in [0.15, 0.2) is 5.57 Å². The molecular weight excluding hydrogens is 144 g/mol. The Morgan fingerprint density at radius 3 is 2.36 bits per heavy atom. The summed E-state index contributed by atoms with van der Waals surface area (Å²) in [4.78, 5) is 20.6. The van der Waals surface area contributed by atoms with E-state index >= 15 is 0 Å². The zero-order chi connectivity index (χ0) is 8.27.